The molecule has 0 bridgehead atoms. The maximum atomic E-state index is 6.96. The molecular formula is C60H38N2O. The molecule has 0 amide bonds. The first-order chi connectivity index (χ1) is 31.2. The Bertz CT molecular complexity index is 3870. The largest absolute Gasteiger partial charge is 0.455 e. The average Bonchev–Trinajstić information content (AvgIpc) is 3.91. The van der Waals surface area contributed by atoms with Crippen LogP contribution >= 0.6 is 0 Å². The van der Waals surface area contributed by atoms with E-state index < -0.39 is 0 Å². The Morgan fingerprint density at radius 1 is 0.349 bits per heavy atom. The van der Waals surface area contributed by atoms with Crippen LogP contribution in [0, 0.1) is 0 Å². The predicted octanol–water partition coefficient (Wildman–Crippen LogP) is 16.9. The normalized spacial score (nSPS) is 11.8. The van der Waals surface area contributed by atoms with Crippen molar-refractivity contribution >= 4 is 93.1 Å². The first-order valence-electron chi connectivity index (χ1n) is 21.6. The smallest absolute Gasteiger partial charge is 0.145 e. The van der Waals surface area contributed by atoms with Crippen LogP contribution in [0.3, 0.4) is 0 Å². The zero-order valence-electron chi connectivity index (χ0n) is 34.2. The third kappa shape index (κ3) is 5.60. The van der Waals surface area contributed by atoms with Crippen LogP contribution in [-0.4, -0.2) is 4.57 Å². The Balaban J connectivity index is 1.01. The molecule has 2 aromatic heterocycles. The van der Waals surface area contributed by atoms with Crippen LogP contribution in [0.5, 0.6) is 0 Å². The fraction of sp³-hybridized carbons (Fsp3) is 0. The Morgan fingerprint density at radius 3 is 1.75 bits per heavy atom. The Morgan fingerprint density at radius 2 is 0.968 bits per heavy atom. The van der Waals surface area contributed by atoms with Crippen LogP contribution in [0.2, 0.25) is 0 Å². The maximum Gasteiger partial charge on any atom is 0.145 e. The summed E-state index contributed by atoms with van der Waals surface area (Å²) >= 11 is 0. The molecule has 13 rings (SSSR count). The highest BCUT2D eigenvalue weighted by Gasteiger charge is 2.23. The highest BCUT2D eigenvalue weighted by atomic mass is 16.3. The minimum Gasteiger partial charge on any atom is -0.455 e. The number of furan rings is 1. The van der Waals surface area contributed by atoms with Gasteiger partial charge in [0.15, 0.2) is 0 Å². The van der Waals surface area contributed by atoms with E-state index in [4.69, 9.17) is 4.42 Å². The van der Waals surface area contributed by atoms with Crippen molar-refractivity contribution in [3.63, 3.8) is 0 Å². The molecule has 0 aliphatic heterocycles. The molecule has 0 fully saturated rings. The quantitative estimate of drug-likeness (QED) is 0.156. The number of hydrogen-bond acceptors (Lipinski definition) is 2. The van der Waals surface area contributed by atoms with Crippen molar-refractivity contribution in [1.82, 2.24) is 4.57 Å². The van der Waals surface area contributed by atoms with Gasteiger partial charge in [-0.3, -0.25) is 0 Å². The summed E-state index contributed by atoms with van der Waals surface area (Å²) in [6.07, 6.45) is 0. The van der Waals surface area contributed by atoms with Gasteiger partial charge < -0.3 is 13.9 Å². The minimum atomic E-state index is 0.858. The summed E-state index contributed by atoms with van der Waals surface area (Å²) in [6.45, 7) is 0. The third-order valence-electron chi connectivity index (χ3n) is 12.9. The zero-order chi connectivity index (χ0) is 41.4. The lowest BCUT2D eigenvalue weighted by atomic mass is 9.93. The molecule has 3 heteroatoms. The first kappa shape index (κ1) is 35.4. The lowest BCUT2D eigenvalue weighted by Gasteiger charge is -2.27. The van der Waals surface area contributed by atoms with Crippen molar-refractivity contribution in [1.29, 1.82) is 0 Å². The van der Waals surface area contributed by atoms with Crippen LogP contribution in [0.15, 0.2) is 235 Å². The van der Waals surface area contributed by atoms with Crippen molar-refractivity contribution in [3.8, 4) is 27.9 Å². The van der Waals surface area contributed by atoms with Gasteiger partial charge in [-0.05, 0) is 122 Å². The monoisotopic (exact) mass is 802 g/mol. The fourth-order valence-corrected chi connectivity index (χ4v) is 10.1. The maximum absolute atomic E-state index is 6.96. The molecule has 63 heavy (non-hydrogen) atoms. The molecule has 2 heterocycles. The van der Waals surface area contributed by atoms with Crippen LogP contribution in [0.25, 0.3) is 104 Å². The van der Waals surface area contributed by atoms with Crippen molar-refractivity contribution < 1.29 is 4.42 Å². The SMILES string of the molecule is c1cc(-c2ccc(N(c3ccc(-c4cc5ccccc5c5ccccc45)cc3)c3ccc4ccccc4c3)c3c2oc2ccccc23)cc(-n2c3ccccc3c3ccccc32)c1. The molecule has 0 radical (unpaired) electrons. The molecule has 0 aliphatic rings. The number of hydrogen-bond donors (Lipinski definition) is 0. The lowest BCUT2D eigenvalue weighted by molar-refractivity contribution is 0.670. The number of aromatic nitrogens is 1. The molecule has 0 unspecified atom stereocenters. The number of para-hydroxylation sites is 3. The minimum absolute atomic E-state index is 0.858. The standard InChI is InChI=1S/C60H38N2O/c1-2-15-41-36-46(33-28-39(41)14-1)61(44-31-29-40(30-32-44)54-38-43-16-3-4-19-47(43)49-20-5-6-21-50(49)54)57-35-34-48(60-59(57)53-24-9-12-27-58(53)63-60)42-17-13-18-45(37-42)62-55-25-10-7-22-51(55)52-23-8-11-26-56(52)62/h1-38H. The Labute approximate surface area is 363 Å². The highest BCUT2D eigenvalue weighted by Crippen LogP contribution is 2.47. The van der Waals surface area contributed by atoms with Gasteiger partial charge in [0.05, 0.1) is 22.1 Å². The van der Waals surface area contributed by atoms with Gasteiger partial charge in [-0.2, -0.15) is 0 Å². The van der Waals surface area contributed by atoms with Gasteiger partial charge in [-0.1, -0.05) is 158 Å². The van der Waals surface area contributed by atoms with Gasteiger partial charge in [0.1, 0.15) is 11.2 Å². The predicted molar refractivity (Wildman–Crippen MR) is 266 cm³/mol. The number of nitrogens with zero attached hydrogens (tertiary/aromatic N) is 2. The van der Waals surface area contributed by atoms with Crippen molar-refractivity contribution in [2.75, 3.05) is 4.90 Å². The highest BCUT2D eigenvalue weighted by molar-refractivity contribution is 6.18. The lowest BCUT2D eigenvalue weighted by Crippen LogP contribution is -2.10. The number of fused-ring (bicyclic) bond motifs is 10. The second kappa shape index (κ2) is 14.1. The number of anilines is 3. The van der Waals surface area contributed by atoms with Gasteiger partial charge in [0, 0.05) is 38.8 Å². The van der Waals surface area contributed by atoms with Crippen molar-refractivity contribution in [3.05, 3.63) is 231 Å². The van der Waals surface area contributed by atoms with Gasteiger partial charge >= 0.3 is 0 Å². The number of benzene rings is 11. The molecule has 13 aromatic rings. The molecule has 11 aromatic carbocycles. The van der Waals surface area contributed by atoms with Gasteiger partial charge in [0.25, 0.3) is 0 Å². The molecule has 0 saturated heterocycles. The van der Waals surface area contributed by atoms with Crippen LogP contribution in [0.1, 0.15) is 0 Å². The van der Waals surface area contributed by atoms with Crippen molar-refractivity contribution in [2.24, 2.45) is 0 Å². The Hall–Kier alpha value is -8.40. The average molecular weight is 803 g/mol. The van der Waals surface area contributed by atoms with Crippen LogP contribution in [0.4, 0.5) is 17.1 Å². The zero-order valence-corrected chi connectivity index (χ0v) is 34.2. The van der Waals surface area contributed by atoms with Gasteiger partial charge in [0.2, 0.25) is 0 Å². The fourth-order valence-electron chi connectivity index (χ4n) is 10.1. The molecule has 0 spiro atoms. The van der Waals surface area contributed by atoms with E-state index in [9.17, 15) is 0 Å². The van der Waals surface area contributed by atoms with Gasteiger partial charge in [-0.15, -0.1) is 0 Å². The van der Waals surface area contributed by atoms with E-state index in [1.165, 1.54) is 65.3 Å². The molecule has 0 aliphatic carbocycles. The van der Waals surface area contributed by atoms with E-state index in [2.05, 4.69) is 240 Å². The molecule has 3 nitrogen and oxygen atoms in total. The summed E-state index contributed by atoms with van der Waals surface area (Å²) in [7, 11) is 0. The third-order valence-corrected chi connectivity index (χ3v) is 12.9. The summed E-state index contributed by atoms with van der Waals surface area (Å²) in [4.78, 5) is 2.40. The first-order valence-corrected chi connectivity index (χ1v) is 21.6. The summed E-state index contributed by atoms with van der Waals surface area (Å²) in [6, 6.07) is 83.4. The van der Waals surface area contributed by atoms with Crippen molar-refractivity contribution in [2.45, 2.75) is 0 Å². The van der Waals surface area contributed by atoms with Gasteiger partial charge in [-0.25, -0.2) is 0 Å². The van der Waals surface area contributed by atoms with E-state index in [1.807, 2.05) is 0 Å². The number of rotatable bonds is 6. The van der Waals surface area contributed by atoms with Crippen LogP contribution < -0.4 is 4.90 Å². The van der Waals surface area contributed by atoms with E-state index in [0.29, 0.717) is 0 Å². The molecule has 294 valence electrons. The second-order valence-electron chi connectivity index (χ2n) is 16.5. The van der Waals surface area contributed by atoms with E-state index in [-0.39, 0.29) is 0 Å². The molecule has 0 N–H and O–H groups in total. The Kier molecular flexibility index (Phi) is 7.91. The second-order valence-corrected chi connectivity index (χ2v) is 16.5. The van der Waals surface area contributed by atoms with E-state index in [1.54, 1.807) is 0 Å². The van der Waals surface area contributed by atoms with E-state index >= 15 is 0 Å². The topological polar surface area (TPSA) is 21.3 Å². The molecule has 0 saturated carbocycles. The molecular weight excluding hydrogens is 765 g/mol. The summed E-state index contributed by atoms with van der Waals surface area (Å²) in [5.41, 5.74) is 12.9. The summed E-state index contributed by atoms with van der Waals surface area (Å²) in [5, 5.41) is 12.1. The summed E-state index contributed by atoms with van der Waals surface area (Å²) in [5.74, 6) is 0. The van der Waals surface area contributed by atoms with E-state index in [0.717, 1.165) is 55.8 Å². The summed E-state index contributed by atoms with van der Waals surface area (Å²) < 4.78 is 9.34. The van der Waals surface area contributed by atoms with Crippen LogP contribution in [-0.2, 0) is 0 Å². The molecule has 0 atom stereocenters.